The third kappa shape index (κ3) is 3.67. The van der Waals surface area contributed by atoms with Crippen molar-refractivity contribution >= 4 is 11.8 Å². The summed E-state index contributed by atoms with van der Waals surface area (Å²) in [6.45, 7) is 2.73. The number of hydrogen-bond donors (Lipinski definition) is 0. The van der Waals surface area contributed by atoms with Gasteiger partial charge in [0.2, 0.25) is 11.8 Å². The number of likely N-dealkylation sites (tertiary alicyclic amines) is 2. The normalized spacial score (nSPS) is 25.7. The van der Waals surface area contributed by atoms with Crippen molar-refractivity contribution < 1.29 is 27.5 Å². The van der Waals surface area contributed by atoms with Gasteiger partial charge in [0.05, 0.1) is 17.1 Å². The van der Waals surface area contributed by atoms with E-state index in [1.165, 1.54) is 19.2 Å². The van der Waals surface area contributed by atoms with Crippen LogP contribution >= 0.6 is 0 Å². The fourth-order valence-corrected chi connectivity index (χ4v) is 4.22. The third-order valence-corrected chi connectivity index (χ3v) is 5.71. The Labute approximate surface area is 156 Å². The molecule has 1 aromatic carbocycles. The summed E-state index contributed by atoms with van der Waals surface area (Å²) in [6.07, 6.45) is -2.84. The highest BCUT2D eigenvalue weighted by Crippen LogP contribution is 2.41. The molecular weight excluding hydrogens is 361 g/mol. The van der Waals surface area contributed by atoms with Crippen molar-refractivity contribution in [1.82, 2.24) is 9.80 Å². The van der Waals surface area contributed by atoms with Crippen LogP contribution < -0.4 is 0 Å². The number of ether oxygens (including phenoxy) is 1. The molecule has 1 aromatic rings. The lowest BCUT2D eigenvalue weighted by Gasteiger charge is -2.47. The molecule has 0 bridgehead atoms. The SMILES string of the molecule is COCC(=O)N1CC[C@@]2(C)[C@@H]1CCC(=O)N2Cc1ccc(C(F)(F)F)cc1. The van der Waals surface area contributed by atoms with E-state index < -0.39 is 17.3 Å². The van der Waals surface area contributed by atoms with Crippen LogP contribution in [0.1, 0.15) is 37.3 Å². The Balaban J connectivity index is 1.80. The van der Waals surface area contributed by atoms with Crippen LogP contribution in [-0.2, 0) is 27.0 Å². The van der Waals surface area contributed by atoms with Gasteiger partial charge in [0, 0.05) is 26.6 Å². The lowest BCUT2D eigenvalue weighted by Crippen LogP contribution is -2.60. The molecular formula is C19H23F3N2O3. The molecule has 2 amide bonds. The lowest BCUT2D eigenvalue weighted by atomic mass is 9.83. The summed E-state index contributed by atoms with van der Waals surface area (Å²) in [4.78, 5) is 28.4. The maximum Gasteiger partial charge on any atom is 0.416 e. The number of hydrogen-bond acceptors (Lipinski definition) is 3. The Morgan fingerprint density at radius 3 is 2.56 bits per heavy atom. The molecule has 5 nitrogen and oxygen atoms in total. The van der Waals surface area contributed by atoms with E-state index >= 15 is 0 Å². The van der Waals surface area contributed by atoms with Gasteiger partial charge in [-0.2, -0.15) is 13.2 Å². The molecule has 27 heavy (non-hydrogen) atoms. The molecule has 0 N–H and O–H groups in total. The van der Waals surface area contributed by atoms with Gasteiger partial charge in [-0.1, -0.05) is 12.1 Å². The summed E-state index contributed by atoms with van der Waals surface area (Å²) in [5.74, 6) is -0.134. The first-order valence-electron chi connectivity index (χ1n) is 8.92. The van der Waals surface area contributed by atoms with E-state index in [4.69, 9.17) is 4.74 Å². The first-order chi connectivity index (χ1) is 12.7. The number of methoxy groups -OCH3 is 1. The Bertz CT molecular complexity index is 720. The maximum atomic E-state index is 12.7. The minimum absolute atomic E-state index is 0.000565. The molecule has 3 rings (SSSR count). The summed E-state index contributed by atoms with van der Waals surface area (Å²) in [6, 6.07) is 4.78. The highest BCUT2D eigenvalue weighted by molar-refractivity contribution is 5.81. The fraction of sp³-hybridized carbons (Fsp3) is 0.579. The Morgan fingerprint density at radius 2 is 1.96 bits per heavy atom. The molecule has 0 aliphatic carbocycles. The summed E-state index contributed by atoms with van der Waals surface area (Å²) in [5, 5.41) is 0. The van der Waals surface area contributed by atoms with Gasteiger partial charge >= 0.3 is 6.18 Å². The van der Waals surface area contributed by atoms with Crippen LogP contribution in [0, 0.1) is 0 Å². The molecule has 0 radical (unpaired) electrons. The van der Waals surface area contributed by atoms with Gasteiger partial charge in [-0.3, -0.25) is 9.59 Å². The van der Waals surface area contributed by atoms with Crippen molar-refractivity contribution in [2.45, 2.75) is 50.5 Å². The molecule has 2 heterocycles. The second kappa shape index (κ2) is 7.14. The quantitative estimate of drug-likeness (QED) is 0.802. The van der Waals surface area contributed by atoms with Crippen molar-refractivity contribution in [1.29, 1.82) is 0 Å². The molecule has 0 aromatic heterocycles. The van der Waals surface area contributed by atoms with Gasteiger partial charge in [0.15, 0.2) is 0 Å². The van der Waals surface area contributed by atoms with Gasteiger partial charge in [0.1, 0.15) is 6.61 Å². The Kier molecular flexibility index (Phi) is 5.20. The smallest absolute Gasteiger partial charge is 0.375 e. The lowest BCUT2D eigenvalue weighted by molar-refractivity contribution is -0.149. The van der Waals surface area contributed by atoms with E-state index in [9.17, 15) is 22.8 Å². The number of amides is 2. The van der Waals surface area contributed by atoms with Gasteiger partial charge in [-0.25, -0.2) is 0 Å². The van der Waals surface area contributed by atoms with E-state index in [-0.39, 0.29) is 31.0 Å². The Morgan fingerprint density at radius 1 is 1.30 bits per heavy atom. The summed E-state index contributed by atoms with van der Waals surface area (Å²) in [5.41, 5.74) is -0.598. The fourth-order valence-electron chi connectivity index (χ4n) is 4.22. The molecule has 0 unspecified atom stereocenters. The predicted octanol–water partition coefficient (Wildman–Crippen LogP) is 2.83. The average molecular weight is 384 g/mol. The van der Waals surface area contributed by atoms with Gasteiger partial charge in [0.25, 0.3) is 0 Å². The highest BCUT2D eigenvalue weighted by Gasteiger charge is 2.53. The maximum absolute atomic E-state index is 12.7. The van der Waals surface area contributed by atoms with E-state index in [0.717, 1.165) is 12.1 Å². The first-order valence-corrected chi connectivity index (χ1v) is 8.92. The molecule has 2 saturated heterocycles. The standard InChI is InChI=1S/C19H23F3N2O3/c1-18-9-10-23(17(26)12-27-2)15(18)7-8-16(25)24(18)11-13-3-5-14(6-4-13)19(20,21)22/h3-6,15H,7-12H2,1-2H3/t15-,18-/m0/s1. The zero-order valence-electron chi connectivity index (χ0n) is 15.4. The molecule has 0 saturated carbocycles. The van der Waals surface area contributed by atoms with Crippen LogP contribution in [0.4, 0.5) is 13.2 Å². The van der Waals surface area contributed by atoms with Crippen molar-refractivity contribution in [3.63, 3.8) is 0 Å². The first kappa shape index (κ1) is 19.7. The number of carbonyl (C=O) groups is 2. The predicted molar refractivity (Wildman–Crippen MR) is 91.6 cm³/mol. The molecule has 2 aliphatic rings. The van der Waals surface area contributed by atoms with Crippen LogP contribution in [-0.4, -0.2) is 53.5 Å². The van der Waals surface area contributed by atoms with E-state index in [0.29, 0.717) is 31.4 Å². The van der Waals surface area contributed by atoms with Gasteiger partial charge < -0.3 is 14.5 Å². The van der Waals surface area contributed by atoms with E-state index in [2.05, 4.69) is 0 Å². The zero-order valence-corrected chi connectivity index (χ0v) is 15.4. The second-order valence-electron chi connectivity index (χ2n) is 7.36. The van der Waals surface area contributed by atoms with Crippen LogP contribution in [0.2, 0.25) is 0 Å². The highest BCUT2D eigenvalue weighted by atomic mass is 19.4. The molecule has 2 fully saturated rings. The van der Waals surface area contributed by atoms with Crippen molar-refractivity contribution in [2.75, 3.05) is 20.3 Å². The number of halogens is 3. The van der Waals surface area contributed by atoms with Crippen LogP contribution in [0.25, 0.3) is 0 Å². The summed E-state index contributed by atoms with van der Waals surface area (Å²) < 4.78 is 43.2. The van der Waals surface area contributed by atoms with Crippen LogP contribution in [0.5, 0.6) is 0 Å². The number of piperidine rings is 1. The molecule has 148 valence electrons. The topological polar surface area (TPSA) is 49.9 Å². The number of benzene rings is 1. The monoisotopic (exact) mass is 384 g/mol. The van der Waals surface area contributed by atoms with Crippen molar-refractivity contribution in [2.24, 2.45) is 0 Å². The number of fused-ring (bicyclic) bond motifs is 1. The van der Waals surface area contributed by atoms with Crippen molar-refractivity contribution in [3.8, 4) is 0 Å². The summed E-state index contributed by atoms with van der Waals surface area (Å²) >= 11 is 0. The molecule has 2 atom stereocenters. The number of rotatable bonds is 4. The second-order valence-corrected chi connectivity index (χ2v) is 7.36. The molecule has 8 heteroatoms. The van der Waals surface area contributed by atoms with Crippen LogP contribution in [0.3, 0.4) is 0 Å². The van der Waals surface area contributed by atoms with Gasteiger partial charge in [-0.15, -0.1) is 0 Å². The molecule has 0 spiro atoms. The molecule has 2 aliphatic heterocycles. The third-order valence-electron chi connectivity index (χ3n) is 5.71. The number of alkyl halides is 3. The largest absolute Gasteiger partial charge is 0.416 e. The van der Waals surface area contributed by atoms with Crippen LogP contribution in [0.15, 0.2) is 24.3 Å². The Hall–Kier alpha value is -2.09. The minimum Gasteiger partial charge on any atom is -0.375 e. The van der Waals surface area contributed by atoms with Crippen molar-refractivity contribution in [3.05, 3.63) is 35.4 Å². The average Bonchev–Trinajstić information content (AvgIpc) is 2.95. The minimum atomic E-state index is -4.38. The van der Waals surface area contributed by atoms with E-state index in [1.807, 2.05) is 6.92 Å². The summed E-state index contributed by atoms with van der Waals surface area (Å²) in [7, 11) is 1.47. The van der Waals surface area contributed by atoms with E-state index in [1.54, 1.807) is 9.80 Å². The number of nitrogens with zero attached hydrogens (tertiary/aromatic N) is 2. The van der Waals surface area contributed by atoms with Gasteiger partial charge in [-0.05, 0) is 37.5 Å². The number of carbonyl (C=O) groups excluding carboxylic acids is 2. The zero-order chi connectivity index (χ0) is 19.8.